The summed E-state index contributed by atoms with van der Waals surface area (Å²) in [5.41, 5.74) is 1.47. The van der Waals surface area contributed by atoms with Crippen molar-refractivity contribution in [1.82, 2.24) is 4.90 Å². The van der Waals surface area contributed by atoms with Gasteiger partial charge in [-0.1, -0.05) is 23.9 Å². The largest absolute Gasteiger partial charge is 0.494 e. The van der Waals surface area contributed by atoms with Crippen LogP contribution in [0.2, 0.25) is 0 Å². The molecule has 2 amide bonds. The predicted molar refractivity (Wildman–Crippen MR) is 115 cm³/mol. The number of anilines is 1. The lowest BCUT2D eigenvalue weighted by molar-refractivity contribution is -0.128. The van der Waals surface area contributed by atoms with E-state index >= 15 is 0 Å². The predicted octanol–water partition coefficient (Wildman–Crippen LogP) is 3.07. The van der Waals surface area contributed by atoms with Crippen molar-refractivity contribution in [2.45, 2.75) is 11.7 Å². The summed E-state index contributed by atoms with van der Waals surface area (Å²) in [5.74, 6) is -0.408. The molecule has 1 N–H and O–H groups in total. The molecule has 30 heavy (non-hydrogen) atoms. The van der Waals surface area contributed by atoms with Gasteiger partial charge in [0.05, 0.1) is 19.8 Å². The first-order valence-corrected chi connectivity index (χ1v) is 9.95. The number of nitrogens with zero attached hydrogens (tertiary/aromatic N) is 2. The van der Waals surface area contributed by atoms with Crippen LogP contribution in [0.5, 0.6) is 5.75 Å². The molecule has 8 nitrogen and oxygen atoms in total. The van der Waals surface area contributed by atoms with Gasteiger partial charge in [0.25, 0.3) is 0 Å². The average Bonchev–Trinajstić information content (AvgIpc) is 2.77. The summed E-state index contributed by atoms with van der Waals surface area (Å²) in [6.07, 6.45) is 0.0538. The summed E-state index contributed by atoms with van der Waals surface area (Å²) in [6.45, 7) is 0. The molecule has 156 valence electrons. The van der Waals surface area contributed by atoms with Crippen molar-refractivity contribution < 1.29 is 23.9 Å². The summed E-state index contributed by atoms with van der Waals surface area (Å²) in [5, 5.41) is 2.55. The van der Waals surface area contributed by atoms with Gasteiger partial charge in [0.2, 0.25) is 11.8 Å². The van der Waals surface area contributed by atoms with Crippen LogP contribution in [0.3, 0.4) is 0 Å². The zero-order valence-electron chi connectivity index (χ0n) is 16.7. The molecule has 9 heteroatoms. The van der Waals surface area contributed by atoms with E-state index in [9.17, 15) is 14.4 Å². The number of rotatable bonds is 5. The molecule has 1 atom stereocenters. The first-order chi connectivity index (χ1) is 14.4. The highest BCUT2D eigenvalue weighted by molar-refractivity contribution is 8.15. The van der Waals surface area contributed by atoms with Crippen LogP contribution in [-0.4, -0.2) is 54.4 Å². The number of carbonyl (C=O) groups is 3. The Morgan fingerprint density at radius 2 is 1.83 bits per heavy atom. The van der Waals surface area contributed by atoms with E-state index < -0.39 is 11.2 Å². The second-order valence-electron chi connectivity index (χ2n) is 6.39. The molecule has 1 saturated heterocycles. The maximum atomic E-state index is 12.7. The minimum atomic E-state index is -0.637. The Hall–Kier alpha value is -3.33. The molecule has 1 aliphatic heterocycles. The summed E-state index contributed by atoms with van der Waals surface area (Å²) in [4.78, 5) is 42.7. The molecule has 0 saturated carbocycles. The van der Waals surface area contributed by atoms with E-state index in [1.807, 2.05) is 12.1 Å². The molecule has 0 spiro atoms. The average molecular weight is 427 g/mol. The van der Waals surface area contributed by atoms with E-state index in [4.69, 9.17) is 4.74 Å². The number of methoxy groups -OCH3 is 2. The number of ether oxygens (including phenoxy) is 2. The third-order valence-electron chi connectivity index (χ3n) is 4.44. The summed E-state index contributed by atoms with van der Waals surface area (Å²) < 4.78 is 9.96. The lowest BCUT2D eigenvalue weighted by Gasteiger charge is -2.29. The maximum absolute atomic E-state index is 12.7. The van der Waals surface area contributed by atoms with Gasteiger partial charge in [0, 0.05) is 19.2 Å². The molecular formula is C21H21N3O5S. The third-order valence-corrected chi connectivity index (χ3v) is 5.68. The Balaban J connectivity index is 1.76. The molecule has 0 aliphatic carbocycles. The van der Waals surface area contributed by atoms with Gasteiger partial charge in [-0.05, 0) is 36.4 Å². The van der Waals surface area contributed by atoms with Crippen molar-refractivity contribution >= 4 is 46.1 Å². The lowest BCUT2D eigenvalue weighted by atomic mass is 10.2. The lowest BCUT2D eigenvalue weighted by Crippen LogP contribution is -2.43. The normalized spacial score (nSPS) is 17.6. The van der Waals surface area contributed by atoms with E-state index in [0.717, 1.165) is 0 Å². The molecule has 2 aromatic carbocycles. The fourth-order valence-corrected chi connectivity index (χ4v) is 3.81. The third kappa shape index (κ3) is 4.80. The molecule has 1 heterocycles. The molecule has 0 aromatic heterocycles. The van der Waals surface area contributed by atoms with Gasteiger partial charge in [-0.15, -0.1) is 0 Å². The number of benzene rings is 2. The van der Waals surface area contributed by atoms with Crippen LogP contribution < -0.4 is 10.1 Å². The van der Waals surface area contributed by atoms with Crippen molar-refractivity contribution in [3.8, 4) is 5.75 Å². The number of thioether (sulfide) groups is 1. The number of hydrogen-bond acceptors (Lipinski definition) is 7. The zero-order valence-corrected chi connectivity index (χ0v) is 17.6. The van der Waals surface area contributed by atoms with E-state index in [1.54, 1.807) is 50.6 Å². The van der Waals surface area contributed by atoms with Gasteiger partial charge in [-0.3, -0.25) is 14.5 Å². The smallest absolute Gasteiger partial charge is 0.337 e. The van der Waals surface area contributed by atoms with Gasteiger partial charge >= 0.3 is 5.97 Å². The zero-order chi connectivity index (χ0) is 21.7. The van der Waals surface area contributed by atoms with Crippen LogP contribution in [0.15, 0.2) is 53.5 Å². The SMILES string of the molecule is COC(=O)c1ccc(NC(=O)[C@H]2CC(=O)N(C)C(=Nc3ccccc3OC)S2)cc1. The first-order valence-electron chi connectivity index (χ1n) is 9.07. The van der Waals surface area contributed by atoms with E-state index in [1.165, 1.54) is 23.8 Å². The first kappa shape index (κ1) is 21.4. The molecule has 2 aromatic rings. The van der Waals surface area contributed by atoms with Crippen LogP contribution in [-0.2, 0) is 14.3 Å². The Morgan fingerprint density at radius 3 is 2.50 bits per heavy atom. The van der Waals surface area contributed by atoms with Gasteiger partial charge in [-0.25, -0.2) is 9.79 Å². The maximum Gasteiger partial charge on any atom is 0.337 e. The highest BCUT2D eigenvalue weighted by Crippen LogP contribution is 2.32. The highest BCUT2D eigenvalue weighted by atomic mass is 32.2. The number of esters is 1. The molecular weight excluding hydrogens is 406 g/mol. The Morgan fingerprint density at radius 1 is 1.13 bits per heavy atom. The summed E-state index contributed by atoms with van der Waals surface area (Å²) >= 11 is 1.21. The molecule has 0 unspecified atom stereocenters. The quantitative estimate of drug-likeness (QED) is 0.737. The minimum absolute atomic E-state index is 0.0538. The fourth-order valence-electron chi connectivity index (χ4n) is 2.75. The number of aliphatic imine (C=N–C) groups is 1. The van der Waals surface area contributed by atoms with Crippen LogP contribution in [0.25, 0.3) is 0 Å². The van der Waals surface area contributed by atoms with Crippen molar-refractivity contribution in [2.75, 3.05) is 26.6 Å². The van der Waals surface area contributed by atoms with Crippen LogP contribution in [0.4, 0.5) is 11.4 Å². The molecule has 1 aliphatic rings. The minimum Gasteiger partial charge on any atom is -0.494 e. The van der Waals surface area contributed by atoms with Crippen molar-refractivity contribution in [1.29, 1.82) is 0 Å². The monoisotopic (exact) mass is 427 g/mol. The molecule has 1 fully saturated rings. The Kier molecular flexibility index (Phi) is 6.73. The van der Waals surface area contributed by atoms with Crippen molar-refractivity contribution in [3.05, 3.63) is 54.1 Å². The topological polar surface area (TPSA) is 97.3 Å². The van der Waals surface area contributed by atoms with E-state index in [-0.39, 0.29) is 18.2 Å². The highest BCUT2D eigenvalue weighted by Gasteiger charge is 2.34. The number of para-hydroxylation sites is 2. The van der Waals surface area contributed by atoms with Gasteiger partial charge in [0.15, 0.2) is 5.17 Å². The number of carbonyl (C=O) groups excluding carboxylic acids is 3. The van der Waals surface area contributed by atoms with Crippen molar-refractivity contribution in [2.24, 2.45) is 4.99 Å². The standard InChI is InChI=1S/C21H21N3O5S/c1-24-18(25)12-17(30-21(24)23-15-6-4-5-7-16(15)28-2)19(26)22-14-10-8-13(9-11-14)20(27)29-3/h4-11,17H,12H2,1-3H3,(H,22,26)/t17-/m1/s1. The van der Waals surface area contributed by atoms with Gasteiger partial charge in [0.1, 0.15) is 16.7 Å². The Labute approximate surface area is 178 Å². The van der Waals surface area contributed by atoms with Gasteiger partial charge in [-0.2, -0.15) is 0 Å². The van der Waals surface area contributed by atoms with E-state index in [0.29, 0.717) is 27.9 Å². The van der Waals surface area contributed by atoms with Crippen LogP contribution in [0, 0.1) is 0 Å². The second-order valence-corrected chi connectivity index (χ2v) is 7.56. The van der Waals surface area contributed by atoms with Crippen molar-refractivity contribution in [3.63, 3.8) is 0 Å². The number of hydrogen-bond donors (Lipinski definition) is 1. The number of amides is 2. The van der Waals surface area contributed by atoms with Gasteiger partial charge < -0.3 is 14.8 Å². The molecule has 0 radical (unpaired) electrons. The van der Waals surface area contributed by atoms with E-state index in [2.05, 4.69) is 15.0 Å². The summed E-state index contributed by atoms with van der Waals surface area (Å²) in [6, 6.07) is 13.5. The molecule has 0 bridgehead atoms. The second kappa shape index (κ2) is 9.45. The Bertz CT molecular complexity index is 990. The molecule has 3 rings (SSSR count). The fraction of sp³-hybridized carbons (Fsp3) is 0.238. The van der Waals surface area contributed by atoms with Crippen LogP contribution >= 0.6 is 11.8 Å². The number of amidine groups is 1. The van der Waals surface area contributed by atoms with Crippen LogP contribution in [0.1, 0.15) is 16.8 Å². The summed E-state index contributed by atoms with van der Waals surface area (Å²) in [7, 11) is 4.48. The number of nitrogens with one attached hydrogen (secondary N) is 1.